The van der Waals surface area contributed by atoms with Crippen molar-refractivity contribution in [3.8, 4) is 0 Å². The standard InChI is InChI=1S/C21H32N2O2/c1-2-17-6-3-4-9-20(17)22-19-8-5-7-18(14-19)21(25)23-12-10-16(15-24)11-13-23/h5,7-8,14,16-17,20,22,24H,2-4,6,9-13,15H2,1H3. The van der Waals surface area contributed by atoms with Crippen molar-refractivity contribution in [1.29, 1.82) is 0 Å². The van der Waals surface area contributed by atoms with E-state index < -0.39 is 0 Å². The van der Waals surface area contributed by atoms with Gasteiger partial charge in [0.15, 0.2) is 0 Å². The number of piperidine rings is 1. The monoisotopic (exact) mass is 344 g/mol. The first-order valence-corrected chi connectivity index (χ1v) is 9.98. The number of anilines is 1. The van der Waals surface area contributed by atoms with Gasteiger partial charge in [-0.2, -0.15) is 0 Å². The van der Waals surface area contributed by atoms with Gasteiger partial charge in [-0.15, -0.1) is 0 Å². The highest BCUT2D eigenvalue weighted by Gasteiger charge is 2.25. The minimum Gasteiger partial charge on any atom is -0.396 e. The van der Waals surface area contributed by atoms with Gasteiger partial charge in [-0.3, -0.25) is 4.79 Å². The first-order chi connectivity index (χ1) is 12.2. The molecule has 4 heteroatoms. The highest BCUT2D eigenvalue weighted by atomic mass is 16.3. The van der Waals surface area contributed by atoms with E-state index in [1.165, 1.54) is 32.1 Å². The molecule has 1 saturated heterocycles. The van der Waals surface area contributed by atoms with Crippen LogP contribution in [0.2, 0.25) is 0 Å². The second-order valence-corrected chi connectivity index (χ2v) is 7.70. The van der Waals surface area contributed by atoms with Crippen LogP contribution in [-0.2, 0) is 0 Å². The number of likely N-dealkylation sites (tertiary alicyclic amines) is 1. The number of carbonyl (C=O) groups excluding carboxylic acids is 1. The Balaban J connectivity index is 1.63. The second-order valence-electron chi connectivity index (χ2n) is 7.70. The highest BCUT2D eigenvalue weighted by molar-refractivity contribution is 5.95. The number of benzene rings is 1. The van der Waals surface area contributed by atoms with Crippen LogP contribution in [0.15, 0.2) is 24.3 Å². The van der Waals surface area contributed by atoms with E-state index in [-0.39, 0.29) is 12.5 Å². The van der Waals surface area contributed by atoms with Crippen LogP contribution in [0.4, 0.5) is 5.69 Å². The Bertz CT molecular complexity index is 567. The number of carbonyl (C=O) groups is 1. The zero-order chi connectivity index (χ0) is 17.6. The molecule has 1 aliphatic heterocycles. The Morgan fingerprint density at radius 2 is 1.96 bits per heavy atom. The van der Waals surface area contributed by atoms with Crippen LogP contribution in [-0.4, -0.2) is 41.7 Å². The maximum Gasteiger partial charge on any atom is 0.253 e. The molecular weight excluding hydrogens is 312 g/mol. The van der Waals surface area contributed by atoms with Crippen molar-refractivity contribution in [2.45, 2.75) is 57.9 Å². The predicted molar refractivity (Wildman–Crippen MR) is 102 cm³/mol. The van der Waals surface area contributed by atoms with Crippen LogP contribution < -0.4 is 5.32 Å². The van der Waals surface area contributed by atoms with Gasteiger partial charge in [-0.1, -0.05) is 32.3 Å². The third-order valence-electron chi connectivity index (χ3n) is 6.05. The van der Waals surface area contributed by atoms with Gasteiger partial charge in [0.2, 0.25) is 0 Å². The number of nitrogens with one attached hydrogen (secondary N) is 1. The molecule has 25 heavy (non-hydrogen) atoms. The van der Waals surface area contributed by atoms with Crippen molar-refractivity contribution >= 4 is 11.6 Å². The molecule has 0 spiro atoms. The van der Waals surface area contributed by atoms with Crippen LogP contribution in [0.3, 0.4) is 0 Å². The number of aliphatic hydroxyl groups is 1. The summed E-state index contributed by atoms with van der Waals surface area (Å²) in [5.74, 6) is 1.22. The summed E-state index contributed by atoms with van der Waals surface area (Å²) in [7, 11) is 0. The average molecular weight is 344 g/mol. The summed E-state index contributed by atoms with van der Waals surface area (Å²) in [6, 6.07) is 8.53. The molecule has 2 aliphatic rings. The average Bonchev–Trinajstić information content (AvgIpc) is 2.68. The Hall–Kier alpha value is -1.55. The molecule has 3 rings (SSSR count). The molecule has 2 unspecified atom stereocenters. The second kappa shape index (κ2) is 8.70. The largest absolute Gasteiger partial charge is 0.396 e. The van der Waals surface area contributed by atoms with E-state index in [1.54, 1.807) is 0 Å². The van der Waals surface area contributed by atoms with Gasteiger partial charge in [0.1, 0.15) is 0 Å². The molecule has 4 nitrogen and oxygen atoms in total. The van der Waals surface area contributed by atoms with Crippen LogP contribution in [0.25, 0.3) is 0 Å². The molecule has 1 heterocycles. The van der Waals surface area contributed by atoms with Crippen molar-refractivity contribution in [3.05, 3.63) is 29.8 Å². The van der Waals surface area contributed by atoms with E-state index in [1.807, 2.05) is 23.1 Å². The molecule has 2 atom stereocenters. The van der Waals surface area contributed by atoms with Crippen molar-refractivity contribution < 1.29 is 9.90 Å². The quantitative estimate of drug-likeness (QED) is 0.851. The SMILES string of the molecule is CCC1CCCCC1Nc1cccc(C(=O)N2CCC(CO)CC2)c1. The number of hydrogen-bond acceptors (Lipinski definition) is 3. The maximum atomic E-state index is 12.8. The maximum absolute atomic E-state index is 12.8. The number of nitrogens with zero attached hydrogens (tertiary/aromatic N) is 1. The molecule has 0 radical (unpaired) electrons. The van der Waals surface area contributed by atoms with Crippen LogP contribution in [0.5, 0.6) is 0 Å². The Morgan fingerprint density at radius 3 is 2.68 bits per heavy atom. The Morgan fingerprint density at radius 1 is 1.20 bits per heavy atom. The Labute approximate surface area is 151 Å². The molecule has 0 aromatic heterocycles. The molecular formula is C21H32N2O2. The molecule has 1 saturated carbocycles. The fraction of sp³-hybridized carbons (Fsp3) is 0.667. The van der Waals surface area contributed by atoms with Gasteiger partial charge in [-0.05, 0) is 55.7 Å². The summed E-state index contributed by atoms with van der Waals surface area (Å²) in [4.78, 5) is 14.7. The van der Waals surface area contributed by atoms with E-state index >= 15 is 0 Å². The lowest BCUT2D eigenvalue weighted by atomic mass is 9.83. The summed E-state index contributed by atoms with van der Waals surface area (Å²) in [6.07, 6.45) is 8.21. The van der Waals surface area contributed by atoms with Gasteiger partial charge in [0, 0.05) is 37.0 Å². The summed E-state index contributed by atoms with van der Waals surface area (Å²) < 4.78 is 0. The van der Waals surface area contributed by atoms with Crippen molar-refractivity contribution in [1.82, 2.24) is 4.90 Å². The van der Waals surface area contributed by atoms with Crippen molar-refractivity contribution in [2.75, 3.05) is 25.0 Å². The van der Waals surface area contributed by atoms with Gasteiger partial charge >= 0.3 is 0 Å². The molecule has 2 N–H and O–H groups in total. The normalized spacial score (nSPS) is 25.0. The molecule has 0 bridgehead atoms. The van der Waals surface area contributed by atoms with Gasteiger partial charge in [-0.25, -0.2) is 0 Å². The lowest BCUT2D eigenvalue weighted by Crippen LogP contribution is -2.39. The first-order valence-electron chi connectivity index (χ1n) is 9.98. The van der Waals surface area contributed by atoms with E-state index in [4.69, 9.17) is 0 Å². The molecule has 1 aromatic rings. The molecule has 1 aliphatic carbocycles. The fourth-order valence-electron chi connectivity index (χ4n) is 4.34. The van der Waals surface area contributed by atoms with Crippen molar-refractivity contribution in [2.24, 2.45) is 11.8 Å². The minimum absolute atomic E-state index is 0.121. The third-order valence-corrected chi connectivity index (χ3v) is 6.05. The topological polar surface area (TPSA) is 52.6 Å². The summed E-state index contributed by atoms with van der Waals surface area (Å²) in [6.45, 7) is 4.02. The third kappa shape index (κ3) is 4.55. The summed E-state index contributed by atoms with van der Waals surface area (Å²) in [5, 5.41) is 12.9. The highest BCUT2D eigenvalue weighted by Crippen LogP contribution is 2.29. The first kappa shape index (κ1) is 18.2. The lowest BCUT2D eigenvalue weighted by molar-refractivity contribution is 0.0651. The van der Waals surface area contributed by atoms with Crippen LogP contribution >= 0.6 is 0 Å². The smallest absolute Gasteiger partial charge is 0.253 e. The number of rotatable bonds is 5. The zero-order valence-electron chi connectivity index (χ0n) is 15.4. The van der Waals surface area contributed by atoms with E-state index in [2.05, 4.69) is 18.3 Å². The zero-order valence-corrected chi connectivity index (χ0v) is 15.4. The van der Waals surface area contributed by atoms with Crippen LogP contribution in [0, 0.1) is 11.8 Å². The minimum atomic E-state index is 0.121. The molecule has 1 aromatic carbocycles. The summed E-state index contributed by atoms with van der Waals surface area (Å²) in [5.41, 5.74) is 1.85. The van der Waals surface area contributed by atoms with E-state index in [0.29, 0.717) is 12.0 Å². The predicted octanol–water partition coefficient (Wildman–Crippen LogP) is 3.91. The van der Waals surface area contributed by atoms with Gasteiger partial charge in [0.05, 0.1) is 0 Å². The number of aliphatic hydroxyl groups excluding tert-OH is 1. The molecule has 1 amide bonds. The molecule has 2 fully saturated rings. The number of hydrogen-bond donors (Lipinski definition) is 2. The number of amides is 1. The van der Waals surface area contributed by atoms with Gasteiger partial charge < -0.3 is 15.3 Å². The van der Waals surface area contributed by atoms with Crippen molar-refractivity contribution in [3.63, 3.8) is 0 Å². The molecule has 138 valence electrons. The Kier molecular flexibility index (Phi) is 6.35. The van der Waals surface area contributed by atoms with Gasteiger partial charge in [0.25, 0.3) is 5.91 Å². The van der Waals surface area contributed by atoms with E-state index in [0.717, 1.165) is 43.1 Å². The fourth-order valence-corrected chi connectivity index (χ4v) is 4.34. The lowest BCUT2D eigenvalue weighted by Gasteiger charge is -2.33. The van der Waals surface area contributed by atoms with Crippen LogP contribution in [0.1, 0.15) is 62.2 Å². The summed E-state index contributed by atoms with van der Waals surface area (Å²) >= 11 is 0. The van der Waals surface area contributed by atoms with E-state index in [9.17, 15) is 9.90 Å².